The van der Waals surface area contributed by atoms with Crippen LogP contribution in [-0.2, 0) is 26.2 Å². The molecule has 1 N–H and O–H groups in total. The number of aryl methyl sites for hydroxylation is 1. The molecule has 7 nitrogen and oxygen atoms in total. The van der Waals surface area contributed by atoms with Gasteiger partial charge >= 0.3 is 0 Å². The lowest BCUT2D eigenvalue weighted by Gasteiger charge is -2.32. The minimum absolute atomic E-state index is 0.0479. The number of hydrogen-bond donors (Lipinski definition) is 1. The second-order valence-electron chi connectivity index (χ2n) is 8.74. The minimum Gasteiger partial charge on any atom is -0.354 e. The molecule has 2 amide bonds. The zero-order valence-electron chi connectivity index (χ0n) is 21.2. The number of carbonyl (C=O) groups is 2. The highest BCUT2D eigenvalue weighted by atomic mass is 35.5. The van der Waals surface area contributed by atoms with Gasteiger partial charge in [0.2, 0.25) is 11.8 Å². The highest BCUT2D eigenvalue weighted by Crippen LogP contribution is 2.26. The molecule has 0 saturated carbocycles. The van der Waals surface area contributed by atoms with E-state index in [2.05, 4.69) is 5.32 Å². The van der Waals surface area contributed by atoms with E-state index in [0.717, 1.165) is 16.3 Å². The SMILES string of the molecule is CCCNC(=O)[C@@H](C)N(Cc1ccccc1Cl)C(=O)CN(c1cccc(C)c1)S(=O)(=O)c1ccccc1. The van der Waals surface area contributed by atoms with Crippen molar-refractivity contribution < 1.29 is 18.0 Å². The van der Waals surface area contributed by atoms with E-state index in [4.69, 9.17) is 11.6 Å². The lowest BCUT2D eigenvalue weighted by molar-refractivity contribution is -0.139. The van der Waals surface area contributed by atoms with Crippen molar-refractivity contribution in [2.45, 2.75) is 44.7 Å². The van der Waals surface area contributed by atoms with E-state index in [-0.39, 0.29) is 17.3 Å². The van der Waals surface area contributed by atoms with Gasteiger partial charge in [-0.1, -0.05) is 67.1 Å². The largest absolute Gasteiger partial charge is 0.354 e. The fraction of sp³-hybridized carbons (Fsp3) is 0.286. The van der Waals surface area contributed by atoms with Crippen LogP contribution in [0.2, 0.25) is 5.02 Å². The van der Waals surface area contributed by atoms with Gasteiger partial charge in [-0.25, -0.2) is 8.42 Å². The first-order chi connectivity index (χ1) is 17.6. The number of nitrogens with zero attached hydrogens (tertiary/aromatic N) is 2. The third-order valence-electron chi connectivity index (χ3n) is 5.91. The zero-order chi connectivity index (χ0) is 27.0. The normalized spacial score (nSPS) is 12.0. The molecule has 0 bridgehead atoms. The maximum atomic E-state index is 13.8. The van der Waals surface area contributed by atoms with Gasteiger partial charge in [0, 0.05) is 18.1 Å². The lowest BCUT2D eigenvalue weighted by atomic mass is 10.1. The van der Waals surface area contributed by atoms with Crippen LogP contribution in [0.15, 0.2) is 83.8 Å². The number of halogens is 1. The summed E-state index contributed by atoms with van der Waals surface area (Å²) in [5, 5.41) is 3.27. The summed E-state index contributed by atoms with van der Waals surface area (Å²) >= 11 is 6.37. The van der Waals surface area contributed by atoms with Crippen molar-refractivity contribution in [1.29, 1.82) is 0 Å². The topological polar surface area (TPSA) is 86.8 Å². The number of nitrogens with one attached hydrogen (secondary N) is 1. The highest BCUT2D eigenvalue weighted by Gasteiger charge is 2.32. The molecule has 9 heteroatoms. The van der Waals surface area contributed by atoms with E-state index in [0.29, 0.717) is 22.8 Å². The van der Waals surface area contributed by atoms with Crippen molar-refractivity contribution in [2.75, 3.05) is 17.4 Å². The zero-order valence-corrected chi connectivity index (χ0v) is 22.8. The van der Waals surface area contributed by atoms with Crippen LogP contribution in [0, 0.1) is 6.92 Å². The fourth-order valence-electron chi connectivity index (χ4n) is 3.82. The summed E-state index contributed by atoms with van der Waals surface area (Å²) in [4.78, 5) is 28.1. The van der Waals surface area contributed by atoms with Crippen molar-refractivity contribution in [3.8, 4) is 0 Å². The second-order valence-corrected chi connectivity index (χ2v) is 11.0. The number of sulfonamides is 1. The van der Waals surface area contributed by atoms with Crippen LogP contribution in [0.3, 0.4) is 0 Å². The lowest BCUT2D eigenvalue weighted by Crippen LogP contribution is -2.51. The summed E-state index contributed by atoms with van der Waals surface area (Å²) < 4.78 is 28.5. The first-order valence-electron chi connectivity index (χ1n) is 12.1. The Labute approximate surface area is 224 Å². The Morgan fingerprint density at radius 3 is 2.30 bits per heavy atom. The predicted molar refractivity (Wildman–Crippen MR) is 147 cm³/mol. The number of carbonyl (C=O) groups excluding carboxylic acids is 2. The van der Waals surface area contributed by atoms with Gasteiger partial charge in [0.05, 0.1) is 10.6 Å². The summed E-state index contributed by atoms with van der Waals surface area (Å²) in [6.07, 6.45) is 0.743. The molecular weight excluding hydrogens is 510 g/mol. The van der Waals surface area contributed by atoms with E-state index in [1.54, 1.807) is 67.6 Å². The molecule has 37 heavy (non-hydrogen) atoms. The molecule has 196 valence electrons. The first kappa shape index (κ1) is 28.2. The van der Waals surface area contributed by atoms with Crippen LogP contribution in [0.1, 0.15) is 31.4 Å². The van der Waals surface area contributed by atoms with Gasteiger partial charge in [0.15, 0.2) is 0 Å². The second kappa shape index (κ2) is 12.7. The van der Waals surface area contributed by atoms with Crippen molar-refractivity contribution in [2.24, 2.45) is 0 Å². The Balaban J connectivity index is 2.02. The van der Waals surface area contributed by atoms with Gasteiger partial charge in [0.25, 0.3) is 10.0 Å². The molecule has 1 atom stereocenters. The maximum absolute atomic E-state index is 13.8. The standard InChI is InChI=1S/C28H32ClN3O4S/c1-4-17-30-28(34)22(3)31(19-23-12-8-9-16-26(23)29)27(33)20-32(24-13-10-11-21(2)18-24)37(35,36)25-14-6-5-7-15-25/h5-16,18,22H,4,17,19-20H2,1-3H3,(H,30,34)/t22-/m1/s1. The van der Waals surface area contributed by atoms with Crippen LogP contribution < -0.4 is 9.62 Å². The number of hydrogen-bond acceptors (Lipinski definition) is 4. The summed E-state index contributed by atoms with van der Waals surface area (Å²) in [6.45, 7) is 5.44. The van der Waals surface area contributed by atoms with Crippen molar-refractivity contribution in [3.63, 3.8) is 0 Å². The third-order valence-corrected chi connectivity index (χ3v) is 8.07. The van der Waals surface area contributed by atoms with E-state index in [9.17, 15) is 18.0 Å². The summed E-state index contributed by atoms with van der Waals surface area (Å²) in [6, 6.07) is 21.1. The van der Waals surface area contributed by atoms with Gasteiger partial charge in [-0.2, -0.15) is 0 Å². The maximum Gasteiger partial charge on any atom is 0.264 e. The smallest absolute Gasteiger partial charge is 0.264 e. The van der Waals surface area contributed by atoms with Crippen LogP contribution in [-0.4, -0.2) is 44.3 Å². The summed E-state index contributed by atoms with van der Waals surface area (Å²) in [7, 11) is -4.08. The molecule has 3 aromatic carbocycles. The Kier molecular flexibility index (Phi) is 9.72. The minimum atomic E-state index is -4.08. The predicted octanol–water partition coefficient (Wildman–Crippen LogP) is 4.79. The van der Waals surface area contributed by atoms with Gasteiger partial charge in [-0.3, -0.25) is 13.9 Å². The van der Waals surface area contributed by atoms with Gasteiger partial charge in [0.1, 0.15) is 12.6 Å². The van der Waals surface area contributed by atoms with Crippen molar-refractivity contribution >= 4 is 39.1 Å². The van der Waals surface area contributed by atoms with Crippen LogP contribution in [0.5, 0.6) is 0 Å². The summed E-state index contributed by atoms with van der Waals surface area (Å²) in [5.41, 5.74) is 1.86. The number of benzene rings is 3. The van der Waals surface area contributed by atoms with Crippen molar-refractivity contribution in [3.05, 3.63) is 95.0 Å². The molecule has 0 aliphatic heterocycles. The Morgan fingerprint density at radius 2 is 1.65 bits per heavy atom. The number of amides is 2. The molecule has 0 saturated heterocycles. The van der Waals surface area contributed by atoms with E-state index in [1.165, 1.54) is 17.0 Å². The molecule has 0 unspecified atom stereocenters. The van der Waals surface area contributed by atoms with E-state index >= 15 is 0 Å². The average molecular weight is 542 g/mol. The molecular formula is C28H32ClN3O4S. The summed E-state index contributed by atoms with van der Waals surface area (Å²) in [5.74, 6) is -0.852. The molecule has 0 heterocycles. The molecule has 0 aromatic heterocycles. The number of rotatable bonds is 11. The molecule has 0 fully saturated rings. The third kappa shape index (κ3) is 7.11. The fourth-order valence-corrected chi connectivity index (χ4v) is 5.44. The van der Waals surface area contributed by atoms with Crippen LogP contribution >= 0.6 is 11.6 Å². The van der Waals surface area contributed by atoms with Gasteiger partial charge < -0.3 is 10.2 Å². The average Bonchev–Trinajstić information content (AvgIpc) is 2.89. The monoisotopic (exact) mass is 541 g/mol. The van der Waals surface area contributed by atoms with Crippen molar-refractivity contribution in [1.82, 2.24) is 10.2 Å². The van der Waals surface area contributed by atoms with Gasteiger partial charge in [-0.05, 0) is 61.7 Å². The Morgan fingerprint density at radius 1 is 0.973 bits per heavy atom. The van der Waals surface area contributed by atoms with Gasteiger partial charge in [-0.15, -0.1) is 0 Å². The molecule has 0 radical (unpaired) electrons. The molecule has 0 aliphatic carbocycles. The Bertz CT molecular complexity index is 1330. The Hall–Kier alpha value is -3.36. The van der Waals surface area contributed by atoms with Crippen LogP contribution in [0.4, 0.5) is 5.69 Å². The molecule has 3 aromatic rings. The molecule has 0 aliphatic rings. The van der Waals surface area contributed by atoms with E-state index in [1.807, 2.05) is 19.9 Å². The quantitative estimate of drug-likeness (QED) is 0.378. The molecule has 0 spiro atoms. The number of anilines is 1. The highest BCUT2D eigenvalue weighted by molar-refractivity contribution is 7.92. The molecule has 3 rings (SSSR count). The van der Waals surface area contributed by atoms with E-state index < -0.39 is 28.5 Å². The van der Waals surface area contributed by atoms with Crippen LogP contribution in [0.25, 0.3) is 0 Å². The first-order valence-corrected chi connectivity index (χ1v) is 13.9.